The Morgan fingerprint density at radius 2 is 1.63 bits per heavy atom. The monoisotopic (exact) mass is 522 g/mol. The van der Waals surface area contributed by atoms with Crippen LogP contribution in [-0.2, 0) is 9.53 Å². The summed E-state index contributed by atoms with van der Waals surface area (Å²) in [6.07, 6.45) is 8.05. The van der Waals surface area contributed by atoms with E-state index in [0.29, 0.717) is 13.1 Å². The van der Waals surface area contributed by atoms with Crippen LogP contribution in [-0.4, -0.2) is 52.7 Å². The Morgan fingerprint density at radius 1 is 1.00 bits per heavy atom. The minimum atomic E-state index is -0.923. The molecule has 1 heterocycles. The van der Waals surface area contributed by atoms with Gasteiger partial charge in [-0.1, -0.05) is 50.6 Å². The third-order valence-electron chi connectivity index (χ3n) is 8.36. The molecule has 1 aromatic carbocycles. The van der Waals surface area contributed by atoms with E-state index in [0.717, 1.165) is 37.7 Å². The minimum absolute atomic E-state index is 0.0132. The summed E-state index contributed by atoms with van der Waals surface area (Å²) in [5.41, 5.74) is 2.98. The molecule has 0 saturated heterocycles. The number of carboxylic acid groups (broad SMARTS) is 1. The maximum atomic E-state index is 13.5. The van der Waals surface area contributed by atoms with Crippen molar-refractivity contribution in [2.45, 2.75) is 85.3 Å². The van der Waals surface area contributed by atoms with Gasteiger partial charge in [-0.25, -0.2) is 9.59 Å². The molecule has 1 fully saturated rings. The molecule has 1 aliphatic heterocycles. The maximum Gasteiger partial charge on any atom is 0.407 e. The number of allylic oxidation sites excluding steroid dienone is 2. The molecule has 1 saturated carbocycles. The van der Waals surface area contributed by atoms with E-state index < -0.39 is 11.6 Å². The van der Waals surface area contributed by atoms with Crippen LogP contribution in [0.3, 0.4) is 0 Å². The smallest absolute Gasteiger partial charge is 0.407 e. The van der Waals surface area contributed by atoms with Crippen molar-refractivity contribution in [2.24, 2.45) is 16.7 Å². The fourth-order valence-electron chi connectivity index (χ4n) is 6.59. The predicted molar refractivity (Wildman–Crippen MR) is 148 cm³/mol. The Balaban J connectivity index is 1.40. The van der Waals surface area contributed by atoms with Gasteiger partial charge in [-0.15, -0.1) is 0 Å². The number of benzene rings is 1. The van der Waals surface area contributed by atoms with Gasteiger partial charge in [0.1, 0.15) is 5.60 Å². The summed E-state index contributed by atoms with van der Waals surface area (Å²) in [6, 6.07) is 7.16. The van der Waals surface area contributed by atoms with Gasteiger partial charge in [0.25, 0.3) is 0 Å². The average molecular weight is 523 g/mol. The summed E-state index contributed by atoms with van der Waals surface area (Å²) in [6.45, 7) is 13.6. The van der Waals surface area contributed by atoms with Gasteiger partial charge in [-0.2, -0.15) is 0 Å². The first kappa shape index (κ1) is 27.9. The lowest BCUT2D eigenvalue weighted by Gasteiger charge is -2.51. The van der Waals surface area contributed by atoms with Crippen molar-refractivity contribution in [3.05, 3.63) is 53.1 Å². The summed E-state index contributed by atoms with van der Waals surface area (Å²) in [5.74, 6) is -0.719. The Labute approximate surface area is 226 Å². The first-order valence-electron chi connectivity index (χ1n) is 13.7. The summed E-state index contributed by atoms with van der Waals surface area (Å²) < 4.78 is 5.38. The number of fused-ring (bicyclic) bond motifs is 1. The van der Waals surface area contributed by atoms with Crippen LogP contribution in [0.4, 0.5) is 4.79 Å². The number of aromatic carboxylic acids is 1. The van der Waals surface area contributed by atoms with Crippen LogP contribution in [0.25, 0.3) is 5.57 Å². The number of ether oxygens (including phenoxy) is 1. The molecule has 1 atom stereocenters. The van der Waals surface area contributed by atoms with Gasteiger partial charge in [0, 0.05) is 35.9 Å². The Hall–Kier alpha value is -3.09. The molecule has 0 spiro atoms. The summed E-state index contributed by atoms with van der Waals surface area (Å²) >= 11 is 0. The normalized spacial score (nSPS) is 26.9. The summed E-state index contributed by atoms with van der Waals surface area (Å²) in [5, 5.41) is 12.2. The number of carbonyl (C=O) groups excluding carboxylic acids is 2. The zero-order valence-electron chi connectivity index (χ0n) is 23.6. The van der Waals surface area contributed by atoms with E-state index in [9.17, 15) is 19.5 Å². The van der Waals surface area contributed by atoms with Crippen LogP contribution in [0.1, 0.15) is 89.6 Å². The molecular formula is C31H42N2O5. The van der Waals surface area contributed by atoms with E-state index in [1.807, 2.05) is 37.8 Å². The molecule has 7 heteroatoms. The Morgan fingerprint density at radius 3 is 2.21 bits per heavy atom. The van der Waals surface area contributed by atoms with Crippen LogP contribution < -0.4 is 5.32 Å². The number of nitrogens with one attached hydrogen (secondary N) is 1. The van der Waals surface area contributed by atoms with Gasteiger partial charge in [0.05, 0.1) is 5.56 Å². The molecule has 0 unspecified atom stereocenters. The lowest BCUT2D eigenvalue weighted by molar-refractivity contribution is -0.138. The van der Waals surface area contributed by atoms with E-state index >= 15 is 0 Å². The van der Waals surface area contributed by atoms with Crippen molar-refractivity contribution in [2.75, 3.05) is 13.1 Å². The molecule has 1 aromatic rings. The van der Waals surface area contributed by atoms with E-state index in [4.69, 9.17) is 4.74 Å². The molecule has 38 heavy (non-hydrogen) atoms. The molecule has 2 N–H and O–H groups in total. The number of nitrogens with zero attached hydrogens (tertiary/aromatic N) is 1. The highest BCUT2D eigenvalue weighted by molar-refractivity contribution is 5.88. The zero-order chi connectivity index (χ0) is 27.9. The number of hydrogen-bond acceptors (Lipinski definition) is 4. The number of rotatable bonds is 4. The van der Waals surface area contributed by atoms with Crippen LogP contribution in [0.2, 0.25) is 0 Å². The first-order chi connectivity index (χ1) is 17.7. The zero-order valence-corrected chi connectivity index (χ0v) is 23.6. The maximum absolute atomic E-state index is 13.5. The topological polar surface area (TPSA) is 95.9 Å². The summed E-state index contributed by atoms with van der Waals surface area (Å²) in [7, 11) is 0. The lowest BCUT2D eigenvalue weighted by atomic mass is 9.58. The molecular weight excluding hydrogens is 480 g/mol. The van der Waals surface area contributed by atoms with E-state index in [1.165, 1.54) is 11.1 Å². The number of hydrogen-bond donors (Lipinski definition) is 2. The quantitative estimate of drug-likeness (QED) is 0.469. The lowest BCUT2D eigenvalue weighted by Crippen LogP contribution is -2.51. The van der Waals surface area contributed by atoms with Crippen molar-refractivity contribution in [3.8, 4) is 0 Å². The SMILES string of the molecule is CC(C)(C)OC(=O)N[C@H]1CC[C@@H](C(=O)N2CC=C3C(C)(C)C(c4ccc(C(=O)O)cc4)=CC[C@]3(C)C2)CC1. The molecule has 3 aliphatic rings. The molecule has 2 aliphatic carbocycles. The van der Waals surface area contributed by atoms with E-state index in [2.05, 4.69) is 38.2 Å². The van der Waals surface area contributed by atoms with Gasteiger partial charge >= 0.3 is 12.1 Å². The van der Waals surface area contributed by atoms with Gasteiger partial charge in [0.15, 0.2) is 0 Å². The van der Waals surface area contributed by atoms with Crippen molar-refractivity contribution in [3.63, 3.8) is 0 Å². The van der Waals surface area contributed by atoms with Crippen LogP contribution >= 0.6 is 0 Å². The van der Waals surface area contributed by atoms with Gasteiger partial charge in [-0.05, 0) is 76.1 Å². The van der Waals surface area contributed by atoms with Gasteiger partial charge < -0.3 is 20.1 Å². The standard InChI is InChI=1S/C31H42N2O5/c1-29(2,3)38-28(37)32-23-13-11-21(12-14-23)26(34)33-18-16-25-30(4,5)24(15-17-31(25,6)19-33)20-7-9-22(10-8-20)27(35)36/h7-10,15-16,21,23H,11-14,17-19H2,1-6H3,(H,32,37)(H,35,36)/t21-,23+,31-/m1/s1. The highest BCUT2D eigenvalue weighted by Gasteiger charge is 2.47. The van der Waals surface area contributed by atoms with Crippen molar-refractivity contribution < 1.29 is 24.2 Å². The predicted octanol–water partition coefficient (Wildman–Crippen LogP) is 6.06. The summed E-state index contributed by atoms with van der Waals surface area (Å²) in [4.78, 5) is 39.0. The molecule has 0 aromatic heterocycles. The second kappa shape index (κ2) is 10.2. The van der Waals surface area contributed by atoms with E-state index in [1.54, 1.807) is 12.1 Å². The van der Waals surface area contributed by atoms with Crippen LogP contribution in [0.15, 0.2) is 42.0 Å². The molecule has 4 rings (SSSR count). The van der Waals surface area contributed by atoms with Gasteiger partial charge in [-0.3, -0.25) is 4.79 Å². The van der Waals surface area contributed by atoms with Crippen LogP contribution in [0, 0.1) is 16.7 Å². The second-order valence-electron chi connectivity index (χ2n) is 12.9. The highest BCUT2D eigenvalue weighted by atomic mass is 16.6. The number of alkyl carbamates (subject to hydrolysis) is 1. The second-order valence-corrected chi connectivity index (χ2v) is 12.9. The third kappa shape index (κ3) is 5.82. The number of carbonyl (C=O) groups is 3. The fraction of sp³-hybridized carbons (Fsp3) is 0.581. The van der Waals surface area contributed by atoms with Gasteiger partial charge in [0.2, 0.25) is 5.91 Å². The van der Waals surface area contributed by atoms with Crippen molar-refractivity contribution in [1.29, 1.82) is 0 Å². The third-order valence-corrected chi connectivity index (χ3v) is 8.36. The highest BCUT2D eigenvalue weighted by Crippen LogP contribution is 2.55. The van der Waals surface area contributed by atoms with Crippen LogP contribution in [0.5, 0.6) is 0 Å². The molecule has 0 bridgehead atoms. The Kier molecular flexibility index (Phi) is 7.52. The minimum Gasteiger partial charge on any atom is -0.478 e. The molecule has 206 valence electrons. The average Bonchev–Trinajstić information content (AvgIpc) is 2.82. The fourth-order valence-corrected chi connectivity index (χ4v) is 6.59. The van der Waals surface area contributed by atoms with Crippen molar-refractivity contribution >= 4 is 23.5 Å². The van der Waals surface area contributed by atoms with E-state index in [-0.39, 0.29) is 40.4 Å². The number of carboxylic acids is 1. The molecule has 7 nitrogen and oxygen atoms in total. The Bertz CT molecular complexity index is 1150. The largest absolute Gasteiger partial charge is 0.478 e. The number of amides is 2. The van der Waals surface area contributed by atoms with Crippen molar-refractivity contribution in [1.82, 2.24) is 10.2 Å². The molecule has 2 amide bonds. The first-order valence-corrected chi connectivity index (χ1v) is 13.7. The molecule has 0 radical (unpaired) electrons.